The van der Waals surface area contributed by atoms with E-state index in [0.717, 1.165) is 37.8 Å². The highest BCUT2D eigenvalue weighted by Crippen LogP contribution is 2.56. The fraction of sp³-hybridized carbons (Fsp3) is 0.731. The van der Waals surface area contributed by atoms with E-state index < -0.39 is 22.8 Å². The predicted molar refractivity (Wildman–Crippen MR) is 122 cm³/mol. The molecule has 35 heavy (non-hydrogen) atoms. The van der Waals surface area contributed by atoms with Crippen molar-refractivity contribution in [1.82, 2.24) is 10.2 Å². The van der Waals surface area contributed by atoms with Crippen molar-refractivity contribution in [2.75, 3.05) is 26.9 Å². The number of fused-ring (bicyclic) bond motifs is 1. The van der Waals surface area contributed by atoms with E-state index in [1.54, 1.807) is 13.2 Å². The van der Waals surface area contributed by atoms with Gasteiger partial charge in [-0.2, -0.15) is 13.2 Å². The summed E-state index contributed by atoms with van der Waals surface area (Å²) in [5.41, 5.74) is -2.35. The molecule has 5 rings (SSSR count). The lowest BCUT2D eigenvalue weighted by atomic mass is 9.71. The highest BCUT2D eigenvalue weighted by Gasteiger charge is 2.62. The van der Waals surface area contributed by atoms with Crippen molar-refractivity contribution in [3.63, 3.8) is 0 Å². The van der Waals surface area contributed by atoms with Gasteiger partial charge >= 0.3 is 6.18 Å². The maximum atomic E-state index is 13.7. The van der Waals surface area contributed by atoms with Crippen molar-refractivity contribution in [3.8, 4) is 0 Å². The lowest BCUT2D eigenvalue weighted by Crippen LogP contribution is -2.51. The van der Waals surface area contributed by atoms with Gasteiger partial charge in [0, 0.05) is 44.8 Å². The van der Waals surface area contributed by atoms with Crippen molar-refractivity contribution >= 4 is 5.91 Å². The van der Waals surface area contributed by atoms with Crippen LogP contribution in [0.4, 0.5) is 13.2 Å². The highest BCUT2D eigenvalue weighted by molar-refractivity contribution is 5.86. The lowest BCUT2D eigenvalue weighted by Gasteiger charge is -2.42. The molecule has 1 saturated carbocycles. The van der Waals surface area contributed by atoms with Gasteiger partial charge in [0.25, 0.3) is 0 Å². The first-order chi connectivity index (χ1) is 16.6. The second kappa shape index (κ2) is 9.01. The van der Waals surface area contributed by atoms with Crippen LogP contribution in [0.5, 0.6) is 0 Å². The number of carbonyl (C=O) groups is 1. The van der Waals surface area contributed by atoms with Crippen LogP contribution in [0.1, 0.15) is 56.6 Å². The summed E-state index contributed by atoms with van der Waals surface area (Å²) < 4.78 is 51.0. The van der Waals surface area contributed by atoms with Gasteiger partial charge in [0.15, 0.2) is 0 Å². The van der Waals surface area contributed by atoms with E-state index in [4.69, 9.17) is 9.47 Å². The standard InChI is InChI=1S/C26H35F3N2O4/c1-16-21-14-25(33,17-4-3-5-18(12-17)26(27,28)29)9-10-31(21)23(32)24(16)8-6-19(13-24)30-20-7-11-35-15-22(20)34-2/h3-5,12,16,19-22,30,33H,6-11,13-15H2,1-2H3/t16?,19?,20?,21?,22?,24-,25?/m0/s1. The van der Waals surface area contributed by atoms with E-state index in [1.807, 2.05) is 4.90 Å². The summed E-state index contributed by atoms with van der Waals surface area (Å²) in [5, 5.41) is 15.2. The Morgan fingerprint density at radius 2 is 2.03 bits per heavy atom. The molecule has 0 aromatic heterocycles. The summed E-state index contributed by atoms with van der Waals surface area (Å²) in [5.74, 6) is 0.146. The molecular formula is C26H35F3N2O4. The average Bonchev–Trinajstić information content (AvgIpc) is 3.35. The van der Waals surface area contributed by atoms with Crippen molar-refractivity contribution in [1.29, 1.82) is 0 Å². The average molecular weight is 497 g/mol. The van der Waals surface area contributed by atoms with Crippen molar-refractivity contribution < 1.29 is 32.5 Å². The van der Waals surface area contributed by atoms with Crippen LogP contribution < -0.4 is 5.32 Å². The van der Waals surface area contributed by atoms with E-state index in [0.29, 0.717) is 19.8 Å². The van der Waals surface area contributed by atoms with Crippen LogP contribution in [0.25, 0.3) is 0 Å². The third-order valence-corrected chi connectivity index (χ3v) is 9.18. The normalized spacial score (nSPS) is 39.9. The highest BCUT2D eigenvalue weighted by atomic mass is 19.4. The summed E-state index contributed by atoms with van der Waals surface area (Å²) in [6.45, 7) is 3.68. The van der Waals surface area contributed by atoms with Gasteiger partial charge in [0.05, 0.1) is 29.3 Å². The largest absolute Gasteiger partial charge is 0.416 e. The van der Waals surface area contributed by atoms with Crippen LogP contribution in [0.3, 0.4) is 0 Å². The summed E-state index contributed by atoms with van der Waals surface area (Å²) in [6.07, 6.45) is -0.717. The number of nitrogens with zero attached hydrogens (tertiary/aromatic N) is 1. The van der Waals surface area contributed by atoms with E-state index in [-0.39, 0.29) is 54.5 Å². The number of carbonyl (C=O) groups excluding carboxylic acids is 1. The quantitative estimate of drug-likeness (QED) is 0.668. The Labute approximate surface area is 204 Å². The van der Waals surface area contributed by atoms with Crippen molar-refractivity contribution in [3.05, 3.63) is 35.4 Å². The zero-order valence-corrected chi connectivity index (χ0v) is 20.3. The Kier molecular flexibility index (Phi) is 6.43. The maximum absolute atomic E-state index is 13.7. The van der Waals surface area contributed by atoms with Crippen LogP contribution in [0.15, 0.2) is 24.3 Å². The number of ether oxygens (including phenoxy) is 2. The lowest BCUT2D eigenvalue weighted by molar-refractivity contribution is -0.140. The van der Waals surface area contributed by atoms with E-state index in [1.165, 1.54) is 6.07 Å². The number of alkyl halides is 3. The molecule has 0 radical (unpaired) electrons. The molecule has 3 heterocycles. The molecule has 9 heteroatoms. The maximum Gasteiger partial charge on any atom is 0.416 e. The molecule has 3 saturated heterocycles. The van der Waals surface area contributed by atoms with Gasteiger partial charge in [-0.05, 0) is 55.7 Å². The first-order valence-corrected chi connectivity index (χ1v) is 12.7. The van der Waals surface area contributed by atoms with Gasteiger partial charge in [0.2, 0.25) is 5.91 Å². The number of hydrogen-bond acceptors (Lipinski definition) is 5. The van der Waals surface area contributed by atoms with Gasteiger partial charge in [-0.25, -0.2) is 0 Å². The molecule has 1 aromatic rings. The van der Waals surface area contributed by atoms with Gasteiger partial charge in [-0.15, -0.1) is 0 Å². The van der Waals surface area contributed by atoms with Gasteiger partial charge < -0.3 is 24.8 Å². The molecule has 1 aliphatic carbocycles. The number of amides is 1. The molecule has 6 unspecified atom stereocenters. The van der Waals surface area contributed by atoms with Crippen LogP contribution in [-0.4, -0.2) is 67.0 Å². The summed E-state index contributed by atoms with van der Waals surface area (Å²) in [6, 6.07) is 5.20. The minimum Gasteiger partial charge on any atom is -0.385 e. The summed E-state index contributed by atoms with van der Waals surface area (Å²) in [7, 11) is 1.69. The van der Waals surface area contributed by atoms with Gasteiger partial charge in [-0.3, -0.25) is 4.79 Å². The monoisotopic (exact) mass is 496 g/mol. The summed E-state index contributed by atoms with van der Waals surface area (Å²) in [4.78, 5) is 15.6. The van der Waals surface area contributed by atoms with E-state index in [9.17, 15) is 23.1 Å². The number of nitrogens with one attached hydrogen (secondary N) is 1. The van der Waals surface area contributed by atoms with E-state index in [2.05, 4.69) is 12.2 Å². The third-order valence-electron chi connectivity index (χ3n) is 9.18. The number of benzene rings is 1. The van der Waals surface area contributed by atoms with Crippen LogP contribution >= 0.6 is 0 Å². The topological polar surface area (TPSA) is 71.0 Å². The zero-order valence-electron chi connectivity index (χ0n) is 20.3. The summed E-state index contributed by atoms with van der Waals surface area (Å²) >= 11 is 0. The Balaban J connectivity index is 1.32. The number of methoxy groups -OCH3 is 1. The molecule has 194 valence electrons. The molecule has 7 atom stereocenters. The number of piperidine rings is 1. The molecule has 3 aliphatic heterocycles. The molecule has 4 fully saturated rings. The second-order valence-corrected chi connectivity index (χ2v) is 10.9. The van der Waals surface area contributed by atoms with Crippen LogP contribution in [0.2, 0.25) is 0 Å². The minimum atomic E-state index is -4.47. The first kappa shape index (κ1) is 25.0. The van der Waals surface area contributed by atoms with Gasteiger partial charge in [0.1, 0.15) is 0 Å². The minimum absolute atomic E-state index is 0.00679. The Hall–Kier alpha value is -1.68. The number of halogens is 3. The van der Waals surface area contributed by atoms with Gasteiger partial charge in [-0.1, -0.05) is 19.1 Å². The third kappa shape index (κ3) is 4.28. The Morgan fingerprint density at radius 1 is 1.23 bits per heavy atom. The molecular weight excluding hydrogens is 461 g/mol. The van der Waals surface area contributed by atoms with Crippen molar-refractivity contribution in [2.45, 2.75) is 81.5 Å². The molecule has 1 aromatic carbocycles. The Bertz CT molecular complexity index is 959. The van der Waals surface area contributed by atoms with Crippen LogP contribution in [0, 0.1) is 11.3 Å². The zero-order chi connectivity index (χ0) is 25.0. The van der Waals surface area contributed by atoms with E-state index >= 15 is 0 Å². The number of hydrogen-bond donors (Lipinski definition) is 2. The second-order valence-electron chi connectivity index (χ2n) is 10.9. The molecule has 6 nitrogen and oxygen atoms in total. The first-order valence-electron chi connectivity index (χ1n) is 12.7. The molecule has 1 amide bonds. The molecule has 1 spiro atoms. The fourth-order valence-corrected chi connectivity index (χ4v) is 7.09. The number of rotatable bonds is 4. The smallest absolute Gasteiger partial charge is 0.385 e. The molecule has 0 bridgehead atoms. The Morgan fingerprint density at radius 3 is 2.77 bits per heavy atom. The van der Waals surface area contributed by atoms with Crippen LogP contribution in [-0.2, 0) is 26.0 Å². The van der Waals surface area contributed by atoms with Crippen molar-refractivity contribution in [2.24, 2.45) is 11.3 Å². The number of aliphatic hydroxyl groups is 1. The molecule has 2 N–H and O–H groups in total. The fourth-order valence-electron chi connectivity index (χ4n) is 7.09. The predicted octanol–water partition coefficient (Wildman–Crippen LogP) is 3.47. The SMILES string of the molecule is COC1COCCC1NC1CC[C@@]2(C1)C(=O)N1CCC(O)(c3cccc(C(F)(F)F)c3)CC1C2C. The molecule has 4 aliphatic rings.